The van der Waals surface area contributed by atoms with Crippen LogP contribution in [0.2, 0.25) is 0 Å². The highest BCUT2D eigenvalue weighted by atomic mass is 35.5. The van der Waals surface area contributed by atoms with Crippen molar-refractivity contribution in [3.05, 3.63) is 30.1 Å². The molecule has 4 nitrogen and oxygen atoms in total. The summed E-state index contributed by atoms with van der Waals surface area (Å²) in [5, 5.41) is 9.91. The van der Waals surface area contributed by atoms with Crippen LogP contribution in [0.1, 0.15) is 25.0 Å². The third-order valence-corrected chi connectivity index (χ3v) is 2.55. The van der Waals surface area contributed by atoms with Crippen LogP contribution in [0.25, 0.3) is 0 Å². The average Bonchev–Trinajstić information content (AvgIpc) is 2.30. The van der Waals surface area contributed by atoms with Crippen LogP contribution in [0.15, 0.2) is 24.5 Å². The van der Waals surface area contributed by atoms with Crippen molar-refractivity contribution in [2.75, 3.05) is 0 Å². The van der Waals surface area contributed by atoms with Gasteiger partial charge in [0.1, 0.15) is 6.29 Å². The number of aliphatic hydroxyl groups excluding tert-OH is 1. The first-order valence-electron chi connectivity index (χ1n) is 4.99. The van der Waals surface area contributed by atoms with Gasteiger partial charge >= 0.3 is 0 Å². The molecule has 0 radical (unpaired) electrons. The minimum atomic E-state index is -0.817. The SMILES string of the molecule is CCC(C=O)C(N)C(O)c1ccncc1.Cl.Cl. The number of pyridine rings is 1. The first-order chi connectivity index (χ1) is 7.20. The first kappa shape index (κ1) is 18.7. The third kappa shape index (κ3) is 5.00. The normalized spacial score (nSPS) is 14.8. The van der Waals surface area contributed by atoms with Gasteiger partial charge in [-0.25, -0.2) is 0 Å². The molecule has 0 spiro atoms. The van der Waals surface area contributed by atoms with E-state index in [9.17, 15) is 9.90 Å². The molecular weight excluding hydrogens is 263 g/mol. The summed E-state index contributed by atoms with van der Waals surface area (Å²) in [5.41, 5.74) is 6.51. The van der Waals surface area contributed by atoms with Crippen molar-refractivity contribution in [1.29, 1.82) is 0 Å². The van der Waals surface area contributed by atoms with Crippen molar-refractivity contribution in [3.8, 4) is 0 Å². The van der Waals surface area contributed by atoms with E-state index >= 15 is 0 Å². The van der Waals surface area contributed by atoms with E-state index in [2.05, 4.69) is 4.98 Å². The van der Waals surface area contributed by atoms with E-state index in [1.54, 1.807) is 24.5 Å². The van der Waals surface area contributed by atoms with E-state index < -0.39 is 12.1 Å². The molecule has 3 unspecified atom stereocenters. The summed E-state index contributed by atoms with van der Waals surface area (Å²) in [6.07, 6.45) is 3.80. The predicted molar refractivity (Wildman–Crippen MR) is 71.5 cm³/mol. The molecule has 17 heavy (non-hydrogen) atoms. The molecule has 0 aliphatic carbocycles. The molecule has 0 aliphatic heterocycles. The Kier molecular flexibility index (Phi) is 10.3. The minimum absolute atomic E-state index is 0. The second kappa shape index (κ2) is 9.36. The van der Waals surface area contributed by atoms with Crippen molar-refractivity contribution in [2.24, 2.45) is 11.7 Å². The van der Waals surface area contributed by atoms with E-state index in [0.29, 0.717) is 12.0 Å². The maximum atomic E-state index is 10.7. The molecule has 98 valence electrons. The quantitative estimate of drug-likeness (QED) is 0.802. The lowest BCUT2D eigenvalue weighted by Gasteiger charge is -2.23. The molecule has 6 heteroatoms. The van der Waals surface area contributed by atoms with Gasteiger partial charge in [0.2, 0.25) is 0 Å². The van der Waals surface area contributed by atoms with Gasteiger partial charge in [0.25, 0.3) is 0 Å². The Morgan fingerprint density at radius 2 is 1.94 bits per heavy atom. The van der Waals surface area contributed by atoms with Gasteiger partial charge in [0.05, 0.1) is 6.10 Å². The summed E-state index contributed by atoms with van der Waals surface area (Å²) in [6.45, 7) is 1.87. The lowest BCUT2D eigenvalue weighted by molar-refractivity contribution is -0.112. The lowest BCUT2D eigenvalue weighted by Crippen LogP contribution is -2.36. The molecule has 0 bridgehead atoms. The molecular formula is C11H18Cl2N2O2. The Balaban J connectivity index is 0. The maximum absolute atomic E-state index is 10.7. The number of halogens is 2. The highest BCUT2D eigenvalue weighted by Crippen LogP contribution is 2.20. The lowest BCUT2D eigenvalue weighted by atomic mass is 9.91. The summed E-state index contributed by atoms with van der Waals surface area (Å²) in [4.78, 5) is 14.6. The zero-order chi connectivity index (χ0) is 11.3. The van der Waals surface area contributed by atoms with Gasteiger partial charge in [0, 0.05) is 24.4 Å². The van der Waals surface area contributed by atoms with Crippen LogP contribution in [-0.4, -0.2) is 22.4 Å². The molecule has 1 aromatic heterocycles. The van der Waals surface area contributed by atoms with Gasteiger partial charge in [-0.3, -0.25) is 4.98 Å². The van der Waals surface area contributed by atoms with Gasteiger partial charge in [0.15, 0.2) is 0 Å². The molecule has 3 atom stereocenters. The average molecular weight is 281 g/mol. The number of rotatable bonds is 5. The van der Waals surface area contributed by atoms with E-state index in [4.69, 9.17) is 5.73 Å². The molecule has 0 aliphatic rings. The summed E-state index contributed by atoms with van der Waals surface area (Å²) >= 11 is 0. The number of hydrogen-bond acceptors (Lipinski definition) is 4. The number of nitrogens with two attached hydrogens (primary N) is 1. The summed E-state index contributed by atoms with van der Waals surface area (Å²) in [6, 6.07) is 2.83. The van der Waals surface area contributed by atoms with E-state index in [-0.39, 0.29) is 30.7 Å². The van der Waals surface area contributed by atoms with E-state index in [0.717, 1.165) is 6.29 Å². The number of carbonyl (C=O) groups excluding carboxylic acids is 1. The number of hydrogen-bond donors (Lipinski definition) is 2. The highest BCUT2D eigenvalue weighted by molar-refractivity contribution is 5.85. The molecule has 0 saturated carbocycles. The second-order valence-electron chi connectivity index (χ2n) is 3.51. The van der Waals surface area contributed by atoms with Gasteiger partial charge in [-0.2, -0.15) is 0 Å². The molecule has 3 N–H and O–H groups in total. The van der Waals surface area contributed by atoms with Crippen molar-refractivity contribution < 1.29 is 9.90 Å². The van der Waals surface area contributed by atoms with Crippen LogP contribution in [-0.2, 0) is 4.79 Å². The molecule has 0 saturated heterocycles. The summed E-state index contributed by atoms with van der Waals surface area (Å²) in [7, 11) is 0. The van der Waals surface area contributed by atoms with Crippen LogP contribution in [0.4, 0.5) is 0 Å². The fraction of sp³-hybridized carbons (Fsp3) is 0.455. The Morgan fingerprint density at radius 3 is 2.35 bits per heavy atom. The third-order valence-electron chi connectivity index (χ3n) is 2.55. The van der Waals surface area contributed by atoms with Gasteiger partial charge in [-0.1, -0.05) is 6.92 Å². The van der Waals surface area contributed by atoms with Gasteiger partial charge in [-0.15, -0.1) is 24.8 Å². The Labute approximate surface area is 113 Å². The Bertz CT molecular complexity index is 312. The molecule has 0 aromatic carbocycles. The maximum Gasteiger partial charge on any atom is 0.124 e. The smallest absolute Gasteiger partial charge is 0.124 e. The summed E-state index contributed by atoms with van der Waals surface area (Å²) < 4.78 is 0. The molecule has 1 aromatic rings. The van der Waals surface area contributed by atoms with Crippen LogP contribution in [0.3, 0.4) is 0 Å². The number of carbonyl (C=O) groups is 1. The van der Waals surface area contributed by atoms with Gasteiger partial charge < -0.3 is 15.6 Å². The van der Waals surface area contributed by atoms with Crippen molar-refractivity contribution in [2.45, 2.75) is 25.5 Å². The number of nitrogens with zero attached hydrogens (tertiary/aromatic N) is 1. The molecule has 1 rings (SSSR count). The highest BCUT2D eigenvalue weighted by Gasteiger charge is 2.24. The standard InChI is InChI=1S/C11H16N2O2.2ClH/c1-2-8(7-14)10(12)11(15)9-3-5-13-6-4-9;;/h3-8,10-11,15H,2,12H2,1H3;2*1H. The van der Waals surface area contributed by atoms with Crippen molar-refractivity contribution in [1.82, 2.24) is 4.98 Å². The second-order valence-corrected chi connectivity index (χ2v) is 3.51. The van der Waals surface area contributed by atoms with Crippen molar-refractivity contribution in [3.63, 3.8) is 0 Å². The fourth-order valence-electron chi connectivity index (χ4n) is 1.48. The van der Waals surface area contributed by atoms with Crippen molar-refractivity contribution >= 4 is 31.1 Å². The van der Waals surface area contributed by atoms with E-state index in [1.807, 2.05) is 6.92 Å². The molecule has 0 amide bonds. The summed E-state index contributed by atoms with van der Waals surface area (Å²) in [5.74, 6) is -0.312. The van der Waals surface area contributed by atoms with E-state index in [1.165, 1.54) is 0 Å². The Hall–Kier alpha value is -0.680. The number of aldehydes is 1. The van der Waals surface area contributed by atoms with Crippen LogP contribution >= 0.6 is 24.8 Å². The van der Waals surface area contributed by atoms with Crippen LogP contribution in [0.5, 0.6) is 0 Å². The number of aromatic nitrogens is 1. The zero-order valence-electron chi connectivity index (χ0n) is 9.52. The van der Waals surface area contributed by atoms with Crippen LogP contribution in [0, 0.1) is 5.92 Å². The predicted octanol–water partition coefficient (Wildman–Crippen LogP) is 1.51. The van der Waals surface area contributed by atoms with Crippen LogP contribution < -0.4 is 5.73 Å². The topological polar surface area (TPSA) is 76.2 Å². The zero-order valence-corrected chi connectivity index (χ0v) is 11.2. The molecule has 0 fully saturated rings. The monoisotopic (exact) mass is 280 g/mol. The Morgan fingerprint density at radius 1 is 1.41 bits per heavy atom. The first-order valence-corrected chi connectivity index (χ1v) is 4.99. The molecule has 1 heterocycles. The largest absolute Gasteiger partial charge is 0.387 e. The number of aliphatic hydroxyl groups is 1. The fourth-order valence-corrected chi connectivity index (χ4v) is 1.48. The minimum Gasteiger partial charge on any atom is -0.387 e. The van der Waals surface area contributed by atoms with Gasteiger partial charge in [-0.05, 0) is 24.1 Å².